The second kappa shape index (κ2) is 4.40. The standard InChI is InChI=1S/C8H8BrClOS/c1-11-7-6(10)4-3-5(9)8(7)12-2/h3-4H,1-2H3. The van der Waals surface area contributed by atoms with E-state index in [1.54, 1.807) is 18.9 Å². The molecule has 0 fully saturated rings. The normalized spacial score (nSPS) is 10.0. The number of methoxy groups -OCH3 is 1. The Labute approximate surface area is 89.6 Å². The molecule has 0 radical (unpaired) electrons. The maximum Gasteiger partial charge on any atom is 0.152 e. The van der Waals surface area contributed by atoms with Crippen LogP contribution in [0.15, 0.2) is 21.5 Å². The molecule has 0 aliphatic heterocycles. The van der Waals surface area contributed by atoms with Gasteiger partial charge in [0.2, 0.25) is 0 Å². The maximum absolute atomic E-state index is 5.92. The van der Waals surface area contributed by atoms with E-state index in [-0.39, 0.29) is 0 Å². The monoisotopic (exact) mass is 266 g/mol. The number of halogens is 2. The van der Waals surface area contributed by atoms with Crippen molar-refractivity contribution in [1.82, 2.24) is 0 Å². The fourth-order valence-electron chi connectivity index (χ4n) is 0.895. The summed E-state index contributed by atoms with van der Waals surface area (Å²) in [7, 11) is 1.62. The summed E-state index contributed by atoms with van der Waals surface area (Å²) in [6, 6.07) is 3.72. The molecule has 0 aromatic heterocycles. The van der Waals surface area contributed by atoms with Crippen molar-refractivity contribution in [2.75, 3.05) is 13.4 Å². The van der Waals surface area contributed by atoms with E-state index in [2.05, 4.69) is 15.9 Å². The SMILES string of the molecule is COc1c(Cl)ccc(Br)c1SC. The minimum Gasteiger partial charge on any atom is -0.494 e. The highest BCUT2D eigenvalue weighted by atomic mass is 79.9. The molecule has 1 nitrogen and oxygen atoms in total. The highest BCUT2D eigenvalue weighted by Gasteiger charge is 2.09. The fraction of sp³-hybridized carbons (Fsp3) is 0.250. The first-order chi connectivity index (χ1) is 5.70. The predicted octanol–water partition coefficient (Wildman–Crippen LogP) is 3.83. The predicted molar refractivity (Wildman–Crippen MR) is 57.5 cm³/mol. The Hall–Kier alpha value is 0.140. The van der Waals surface area contributed by atoms with Gasteiger partial charge in [-0.1, -0.05) is 11.6 Å². The van der Waals surface area contributed by atoms with Gasteiger partial charge in [-0.3, -0.25) is 0 Å². The number of ether oxygens (including phenoxy) is 1. The molecule has 0 unspecified atom stereocenters. The summed E-state index contributed by atoms with van der Waals surface area (Å²) in [5.41, 5.74) is 0. The second-order valence-electron chi connectivity index (χ2n) is 2.10. The Morgan fingerprint density at radius 2 is 2.17 bits per heavy atom. The molecule has 1 rings (SSSR count). The molecule has 0 spiro atoms. The number of hydrogen-bond acceptors (Lipinski definition) is 2. The van der Waals surface area contributed by atoms with Crippen molar-refractivity contribution in [3.63, 3.8) is 0 Å². The van der Waals surface area contributed by atoms with Gasteiger partial charge >= 0.3 is 0 Å². The van der Waals surface area contributed by atoms with Gasteiger partial charge in [-0.25, -0.2) is 0 Å². The highest BCUT2D eigenvalue weighted by Crippen LogP contribution is 2.39. The average Bonchev–Trinajstić information content (AvgIpc) is 2.08. The molecule has 1 aromatic rings. The molecule has 0 aliphatic rings. The van der Waals surface area contributed by atoms with Crippen LogP contribution in [0.4, 0.5) is 0 Å². The third-order valence-electron chi connectivity index (χ3n) is 1.42. The molecule has 12 heavy (non-hydrogen) atoms. The minimum absolute atomic E-state index is 0.644. The summed E-state index contributed by atoms with van der Waals surface area (Å²) in [6.45, 7) is 0. The van der Waals surface area contributed by atoms with Gasteiger partial charge in [0.05, 0.1) is 17.0 Å². The van der Waals surface area contributed by atoms with Crippen molar-refractivity contribution < 1.29 is 4.74 Å². The van der Waals surface area contributed by atoms with E-state index in [4.69, 9.17) is 16.3 Å². The van der Waals surface area contributed by atoms with Crippen LogP contribution in [0.5, 0.6) is 5.75 Å². The van der Waals surface area contributed by atoms with Gasteiger partial charge in [0.15, 0.2) is 5.75 Å². The second-order valence-corrected chi connectivity index (χ2v) is 4.17. The molecule has 4 heteroatoms. The number of hydrogen-bond donors (Lipinski definition) is 0. The summed E-state index contributed by atoms with van der Waals surface area (Å²) in [4.78, 5) is 1.03. The third kappa shape index (κ3) is 1.90. The van der Waals surface area contributed by atoms with E-state index >= 15 is 0 Å². The molecule has 66 valence electrons. The molecule has 0 atom stereocenters. The molecule has 0 heterocycles. The third-order valence-corrected chi connectivity index (χ3v) is 3.46. The zero-order valence-corrected chi connectivity index (χ0v) is 9.89. The van der Waals surface area contributed by atoms with Crippen molar-refractivity contribution in [3.8, 4) is 5.75 Å². The van der Waals surface area contributed by atoms with Crippen LogP contribution in [0.25, 0.3) is 0 Å². The quantitative estimate of drug-likeness (QED) is 0.753. The van der Waals surface area contributed by atoms with E-state index < -0.39 is 0 Å². The molecule has 0 saturated carbocycles. The number of thioether (sulfide) groups is 1. The molecule has 0 saturated heterocycles. The van der Waals surface area contributed by atoms with E-state index in [9.17, 15) is 0 Å². The van der Waals surface area contributed by atoms with Gasteiger partial charge in [-0.2, -0.15) is 0 Å². The molecule has 0 aliphatic carbocycles. The zero-order chi connectivity index (χ0) is 9.14. The first kappa shape index (κ1) is 10.2. The number of rotatable bonds is 2. The lowest BCUT2D eigenvalue weighted by atomic mass is 10.3. The molecule has 0 bridgehead atoms. The lowest BCUT2D eigenvalue weighted by Crippen LogP contribution is -1.87. The topological polar surface area (TPSA) is 9.23 Å². The van der Waals surface area contributed by atoms with Crippen molar-refractivity contribution >= 4 is 39.3 Å². The highest BCUT2D eigenvalue weighted by molar-refractivity contribution is 9.10. The minimum atomic E-state index is 0.644. The van der Waals surface area contributed by atoms with Crippen LogP contribution < -0.4 is 4.74 Å². The van der Waals surface area contributed by atoms with Gasteiger partial charge in [0.1, 0.15) is 0 Å². The van der Waals surface area contributed by atoms with Crippen LogP contribution in [-0.4, -0.2) is 13.4 Å². The van der Waals surface area contributed by atoms with Gasteiger partial charge in [-0.15, -0.1) is 11.8 Å². The fourth-order valence-corrected chi connectivity index (χ4v) is 2.63. The summed E-state index contributed by atoms with van der Waals surface area (Å²) < 4.78 is 6.18. The summed E-state index contributed by atoms with van der Waals surface area (Å²) in [5, 5.41) is 0.644. The van der Waals surface area contributed by atoms with Crippen LogP contribution in [0.1, 0.15) is 0 Å². The van der Waals surface area contributed by atoms with Crippen molar-refractivity contribution in [2.45, 2.75) is 4.90 Å². The smallest absolute Gasteiger partial charge is 0.152 e. The Balaban J connectivity index is 3.28. The average molecular weight is 268 g/mol. The Kier molecular flexibility index (Phi) is 3.75. The zero-order valence-electron chi connectivity index (χ0n) is 6.73. The Morgan fingerprint density at radius 3 is 2.58 bits per heavy atom. The van der Waals surface area contributed by atoms with Crippen molar-refractivity contribution in [2.24, 2.45) is 0 Å². The van der Waals surface area contributed by atoms with Gasteiger partial charge in [0, 0.05) is 4.47 Å². The first-order valence-electron chi connectivity index (χ1n) is 3.26. The molecular formula is C8H8BrClOS. The van der Waals surface area contributed by atoms with Gasteiger partial charge < -0.3 is 4.74 Å². The van der Waals surface area contributed by atoms with Gasteiger partial charge in [0.25, 0.3) is 0 Å². The lowest BCUT2D eigenvalue weighted by molar-refractivity contribution is 0.404. The van der Waals surface area contributed by atoms with Crippen LogP contribution in [-0.2, 0) is 0 Å². The van der Waals surface area contributed by atoms with Crippen LogP contribution in [0.3, 0.4) is 0 Å². The number of benzene rings is 1. The molecule has 0 amide bonds. The van der Waals surface area contributed by atoms with E-state index in [1.165, 1.54) is 0 Å². The van der Waals surface area contributed by atoms with Crippen LogP contribution in [0, 0.1) is 0 Å². The first-order valence-corrected chi connectivity index (χ1v) is 5.66. The van der Waals surface area contributed by atoms with Crippen LogP contribution >= 0.6 is 39.3 Å². The van der Waals surface area contributed by atoms with E-state index in [0.29, 0.717) is 5.02 Å². The maximum atomic E-state index is 5.92. The molecule has 1 aromatic carbocycles. The largest absolute Gasteiger partial charge is 0.494 e. The summed E-state index contributed by atoms with van der Waals surface area (Å²) in [6.07, 6.45) is 1.99. The van der Waals surface area contributed by atoms with E-state index in [1.807, 2.05) is 18.4 Å². The van der Waals surface area contributed by atoms with E-state index in [0.717, 1.165) is 15.1 Å². The van der Waals surface area contributed by atoms with Crippen LogP contribution in [0.2, 0.25) is 5.02 Å². The van der Waals surface area contributed by atoms with Gasteiger partial charge in [-0.05, 0) is 34.3 Å². The molecule has 0 N–H and O–H groups in total. The molecular weight excluding hydrogens is 260 g/mol. The Bertz CT molecular complexity index is 262. The summed E-state index contributed by atoms with van der Waals surface area (Å²) in [5.74, 6) is 0.735. The van der Waals surface area contributed by atoms with Crippen molar-refractivity contribution in [3.05, 3.63) is 21.6 Å². The van der Waals surface area contributed by atoms with Crippen molar-refractivity contribution in [1.29, 1.82) is 0 Å². The Morgan fingerprint density at radius 1 is 1.50 bits per heavy atom. The summed E-state index contributed by atoms with van der Waals surface area (Å²) >= 11 is 10.9. The lowest BCUT2D eigenvalue weighted by Gasteiger charge is -2.09.